The van der Waals surface area contributed by atoms with Gasteiger partial charge in [0, 0.05) is 25.4 Å². The predicted octanol–water partition coefficient (Wildman–Crippen LogP) is 1.89. The highest BCUT2D eigenvalue weighted by atomic mass is 16.5. The average molecular weight is 368 g/mol. The van der Waals surface area contributed by atoms with E-state index in [-0.39, 0.29) is 17.8 Å². The number of H-pyrrole nitrogens is 1. The Morgan fingerprint density at radius 1 is 1.44 bits per heavy atom. The Hall–Kier alpha value is -3.13. The molecule has 1 aliphatic rings. The molecule has 0 saturated carbocycles. The number of anilines is 2. The SMILES string of the molecule is C=C/C=C\C(=C/N)Nc1nc(N2CC(C)OC(C)C2)cc2nc[nH]c(=O)c12. The number of pyridine rings is 1. The molecule has 2 atom stereocenters. The maximum Gasteiger partial charge on any atom is 0.262 e. The van der Waals surface area contributed by atoms with Crippen molar-refractivity contribution in [2.45, 2.75) is 26.1 Å². The summed E-state index contributed by atoms with van der Waals surface area (Å²) in [5, 5.41) is 3.50. The monoisotopic (exact) mass is 368 g/mol. The van der Waals surface area contributed by atoms with Crippen molar-refractivity contribution in [2.75, 3.05) is 23.3 Å². The van der Waals surface area contributed by atoms with Gasteiger partial charge in [-0.15, -0.1) is 0 Å². The van der Waals surface area contributed by atoms with E-state index in [1.165, 1.54) is 12.5 Å². The van der Waals surface area contributed by atoms with Gasteiger partial charge in [-0.05, 0) is 19.9 Å². The van der Waals surface area contributed by atoms with Crippen molar-refractivity contribution in [3.63, 3.8) is 0 Å². The summed E-state index contributed by atoms with van der Waals surface area (Å²) in [7, 11) is 0. The summed E-state index contributed by atoms with van der Waals surface area (Å²) < 4.78 is 5.80. The van der Waals surface area contributed by atoms with E-state index in [4.69, 9.17) is 15.5 Å². The number of nitrogens with zero attached hydrogens (tertiary/aromatic N) is 3. The molecule has 27 heavy (non-hydrogen) atoms. The molecule has 0 spiro atoms. The van der Waals surface area contributed by atoms with Crippen LogP contribution in [-0.2, 0) is 4.74 Å². The van der Waals surface area contributed by atoms with Crippen molar-refractivity contribution in [3.8, 4) is 0 Å². The zero-order valence-electron chi connectivity index (χ0n) is 15.5. The lowest BCUT2D eigenvalue weighted by molar-refractivity contribution is -0.00544. The molecular weight excluding hydrogens is 344 g/mol. The first kappa shape index (κ1) is 18.7. The number of hydrogen-bond acceptors (Lipinski definition) is 7. The van der Waals surface area contributed by atoms with E-state index in [0.717, 1.165) is 5.82 Å². The maximum atomic E-state index is 12.4. The molecule has 0 amide bonds. The standard InChI is InChI=1S/C19H24N6O2/c1-4-5-6-14(8-20)23-18-17-15(21-11-22-19(17)26)7-16(24-18)25-9-12(2)27-13(3)10-25/h4-8,11-13H,1,9-10,20H2,2-3H3,(H,23,24)(H,21,22,26)/b6-5-,14-8+. The van der Waals surface area contributed by atoms with Gasteiger partial charge in [0.1, 0.15) is 17.0 Å². The third-order valence-electron chi connectivity index (χ3n) is 4.21. The first-order chi connectivity index (χ1) is 13.0. The minimum atomic E-state index is -0.269. The molecule has 8 nitrogen and oxygen atoms in total. The molecule has 2 unspecified atom stereocenters. The zero-order valence-corrected chi connectivity index (χ0v) is 15.5. The lowest BCUT2D eigenvalue weighted by Crippen LogP contribution is -2.45. The molecule has 142 valence electrons. The lowest BCUT2D eigenvalue weighted by atomic mass is 10.2. The van der Waals surface area contributed by atoms with Gasteiger partial charge in [-0.1, -0.05) is 18.7 Å². The number of ether oxygens (including phenoxy) is 1. The van der Waals surface area contributed by atoms with Crippen LogP contribution < -0.4 is 21.5 Å². The Kier molecular flexibility index (Phi) is 5.56. The molecule has 1 fully saturated rings. The Bertz CT molecular complexity index is 939. The molecule has 3 rings (SSSR count). The number of morpholine rings is 1. The van der Waals surface area contributed by atoms with E-state index in [1.807, 2.05) is 19.9 Å². The number of allylic oxidation sites excluding steroid dienone is 3. The summed E-state index contributed by atoms with van der Waals surface area (Å²) in [4.78, 5) is 26.1. The van der Waals surface area contributed by atoms with E-state index >= 15 is 0 Å². The van der Waals surface area contributed by atoms with Gasteiger partial charge in [0.05, 0.1) is 29.7 Å². The summed E-state index contributed by atoms with van der Waals surface area (Å²) in [6.45, 7) is 9.12. The van der Waals surface area contributed by atoms with Gasteiger partial charge in [0.15, 0.2) is 0 Å². The van der Waals surface area contributed by atoms with Crippen LogP contribution in [0.1, 0.15) is 13.8 Å². The van der Waals surface area contributed by atoms with E-state index in [0.29, 0.717) is 35.5 Å². The number of fused-ring (bicyclic) bond motifs is 1. The van der Waals surface area contributed by atoms with E-state index in [9.17, 15) is 4.79 Å². The average Bonchev–Trinajstić information content (AvgIpc) is 2.64. The fourth-order valence-electron chi connectivity index (χ4n) is 3.14. The zero-order chi connectivity index (χ0) is 19.4. The smallest absolute Gasteiger partial charge is 0.262 e. The highest BCUT2D eigenvalue weighted by molar-refractivity contribution is 5.91. The lowest BCUT2D eigenvalue weighted by Gasteiger charge is -2.36. The molecule has 1 aliphatic heterocycles. The molecule has 1 saturated heterocycles. The van der Waals surface area contributed by atoms with Crippen LogP contribution in [0.2, 0.25) is 0 Å². The van der Waals surface area contributed by atoms with Crippen molar-refractivity contribution < 1.29 is 4.74 Å². The van der Waals surface area contributed by atoms with Gasteiger partial charge in [0.25, 0.3) is 5.56 Å². The number of aromatic amines is 1. The summed E-state index contributed by atoms with van der Waals surface area (Å²) in [5.74, 6) is 1.13. The van der Waals surface area contributed by atoms with Crippen molar-refractivity contribution in [1.29, 1.82) is 0 Å². The van der Waals surface area contributed by atoms with Gasteiger partial charge in [-0.2, -0.15) is 0 Å². The molecule has 8 heteroatoms. The van der Waals surface area contributed by atoms with Crippen LogP contribution in [0, 0.1) is 0 Å². The van der Waals surface area contributed by atoms with Crippen molar-refractivity contribution in [2.24, 2.45) is 5.73 Å². The number of nitrogens with one attached hydrogen (secondary N) is 2. The normalized spacial score (nSPS) is 21.0. The first-order valence-electron chi connectivity index (χ1n) is 8.78. The number of rotatable bonds is 5. The highest BCUT2D eigenvalue weighted by Gasteiger charge is 2.24. The van der Waals surface area contributed by atoms with Crippen LogP contribution in [0.4, 0.5) is 11.6 Å². The van der Waals surface area contributed by atoms with Gasteiger partial charge >= 0.3 is 0 Å². The van der Waals surface area contributed by atoms with Crippen LogP contribution in [0.5, 0.6) is 0 Å². The molecule has 0 aliphatic carbocycles. The highest BCUT2D eigenvalue weighted by Crippen LogP contribution is 2.26. The fraction of sp³-hybridized carbons (Fsp3) is 0.316. The molecule has 0 radical (unpaired) electrons. The molecule has 0 aromatic carbocycles. The molecule has 2 aromatic heterocycles. The first-order valence-corrected chi connectivity index (χ1v) is 8.78. The van der Waals surface area contributed by atoms with Crippen molar-refractivity contribution in [1.82, 2.24) is 15.0 Å². The molecule has 3 heterocycles. The molecule has 4 N–H and O–H groups in total. The van der Waals surface area contributed by atoms with Crippen molar-refractivity contribution in [3.05, 3.63) is 59.5 Å². The third kappa shape index (κ3) is 4.17. The van der Waals surface area contributed by atoms with Crippen molar-refractivity contribution >= 4 is 22.5 Å². The second kappa shape index (κ2) is 8.05. The molecular formula is C19H24N6O2. The number of hydrogen-bond donors (Lipinski definition) is 3. The maximum absolute atomic E-state index is 12.4. The predicted molar refractivity (Wildman–Crippen MR) is 108 cm³/mol. The Morgan fingerprint density at radius 3 is 2.85 bits per heavy atom. The van der Waals surface area contributed by atoms with Gasteiger partial charge in [-0.3, -0.25) is 4.79 Å². The Morgan fingerprint density at radius 2 is 2.19 bits per heavy atom. The van der Waals surface area contributed by atoms with E-state index < -0.39 is 0 Å². The molecule has 0 bridgehead atoms. The largest absolute Gasteiger partial charge is 0.403 e. The van der Waals surface area contributed by atoms with Gasteiger partial charge in [-0.25, -0.2) is 9.97 Å². The second-order valence-electron chi connectivity index (χ2n) is 6.46. The Balaban J connectivity index is 2.08. The third-order valence-corrected chi connectivity index (χ3v) is 4.21. The van der Waals surface area contributed by atoms with Gasteiger partial charge < -0.3 is 25.7 Å². The minimum Gasteiger partial charge on any atom is -0.403 e. The fourth-order valence-corrected chi connectivity index (χ4v) is 3.14. The van der Waals surface area contributed by atoms with Crippen LogP contribution in [0.25, 0.3) is 10.9 Å². The summed E-state index contributed by atoms with van der Waals surface area (Å²) in [6.07, 6.45) is 8.10. The summed E-state index contributed by atoms with van der Waals surface area (Å²) in [6, 6.07) is 1.83. The van der Waals surface area contributed by atoms with E-state index in [2.05, 4.69) is 26.8 Å². The van der Waals surface area contributed by atoms with Crippen LogP contribution >= 0.6 is 0 Å². The topological polar surface area (TPSA) is 109 Å². The summed E-state index contributed by atoms with van der Waals surface area (Å²) >= 11 is 0. The quantitative estimate of drug-likeness (QED) is 0.691. The molecule has 2 aromatic rings. The van der Waals surface area contributed by atoms with Gasteiger partial charge in [0.2, 0.25) is 0 Å². The van der Waals surface area contributed by atoms with Crippen LogP contribution in [0.3, 0.4) is 0 Å². The minimum absolute atomic E-state index is 0.0878. The second-order valence-corrected chi connectivity index (χ2v) is 6.46. The van der Waals surface area contributed by atoms with Crippen LogP contribution in [-0.4, -0.2) is 40.2 Å². The number of nitrogens with two attached hydrogens (primary N) is 1. The van der Waals surface area contributed by atoms with Crippen LogP contribution in [0.15, 0.2) is 53.9 Å². The number of aromatic nitrogens is 3. The Labute approximate surface area is 157 Å². The summed E-state index contributed by atoms with van der Waals surface area (Å²) in [5.41, 5.74) is 6.57. The van der Waals surface area contributed by atoms with E-state index in [1.54, 1.807) is 18.2 Å².